The van der Waals surface area contributed by atoms with Gasteiger partial charge in [-0.1, -0.05) is 45.0 Å². The number of aromatic nitrogens is 3. The van der Waals surface area contributed by atoms with Gasteiger partial charge in [-0.25, -0.2) is 9.97 Å². The van der Waals surface area contributed by atoms with Crippen LogP contribution in [0.2, 0.25) is 0 Å². The van der Waals surface area contributed by atoms with Crippen LogP contribution in [0.25, 0.3) is 54.8 Å². The van der Waals surface area contributed by atoms with Crippen molar-refractivity contribution in [3.8, 4) is 22.5 Å². The summed E-state index contributed by atoms with van der Waals surface area (Å²) in [6.07, 6.45) is 0.277. The van der Waals surface area contributed by atoms with E-state index in [9.17, 15) is 0 Å². The van der Waals surface area contributed by atoms with Crippen LogP contribution >= 0.6 is 11.3 Å². The average Bonchev–Trinajstić information content (AvgIpc) is 3.57. The van der Waals surface area contributed by atoms with Crippen molar-refractivity contribution in [1.82, 2.24) is 15.0 Å². The summed E-state index contributed by atoms with van der Waals surface area (Å²) in [5, 5.41) is 2.41. The first-order valence-corrected chi connectivity index (χ1v) is 14.2. The van der Waals surface area contributed by atoms with Gasteiger partial charge in [-0.05, 0) is 73.2 Å². The van der Waals surface area contributed by atoms with Crippen molar-refractivity contribution in [3.63, 3.8) is 0 Å². The largest absolute Gasteiger partial charge is 0.437 e. The molecule has 2 aromatic carbocycles. The minimum absolute atomic E-state index is 0. The van der Waals surface area contributed by atoms with Crippen LogP contribution in [0, 0.1) is 25.3 Å². The Bertz CT molecular complexity index is 2140. The smallest absolute Gasteiger partial charge is 0.227 e. The molecule has 0 unspecified atom stereocenters. The van der Waals surface area contributed by atoms with E-state index >= 15 is 0 Å². The minimum atomic E-state index is -2.31. The van der Waals surface area contributed by atoms with Crippen molar-refractivity contribution in [2.24, 2.45) is 5.41 Å². The van der Waals surface area contributed by atoms with Crippen LogP contribution in [0.1, 0.15) is 43.8 Å². The van der Waals surface area contributed by atoms with Gasteiger partial charge in [-0.15, -0.1) is 47.2 Å². The minimum Gasteiger partial charge on any atom is -0.437 e. The number of aryl methyl sites for hydroxylation is 2. The normalized spacial score (nSPS) is 13.8. The van der Waals surface area contributed by atoms with Crippen LogP contribution < -0.4 is 0 Å². The molecule has 0 amide bonds. The molecule has 0 aliphatic heterocycles. The van der Waals surface area contributed by atoms with Crippen molar-refractivity contribution in [1.29, 1.82) is 0 Å². The Morgan fingerprint density at radius 1 is 0.881 bits per heavy atom. The standard InChI is InChI=1S/C25H24N2OS.C11H8N.Ir/c1-14-9-10-17-16-7-6-8-19(22(16)28-23(17)26-14)21-12-11-18-20(13-25(3,4)5)15(2)29-24(18)27-21;1-2-6-10(7-3-1)11-8-4-5-9-12-11;/h6-12H,13H2,1-5H3;1-6,8-9H;/q;-1;/i1D3,13D2;;. The summed E-state index contributed by atoms with van der Waals surface area (Å²) in [5.41, 5.74) is 4.50. The van der Waals surface area contributed by atoms with Gasteiger partial charge in [0, 0.05) is 65.4 Å². The summed E-state index contributed by atoms with van der Waals surface area (Å²) in [5.74, 6) is 0. The number of nitrogens with zero attached hydrogens (tertiary/aromatic N) is 3. The maximum absolute atomic E-state index is 8.79. The van der Waals surface area contributed by atoms with Gasteiger partial charge in [0.05, 0.1) is 5.69 Å². The van der Waals surface area contributed by atoms with Gasteiger partial charge in [-0.3, -0.25) is 0 Å². The fourth-order valence-electron chi connectivity index (χ4n) is 4.73. The third-order valence-corrected chi connectivity index (χ3v) is 7.54. The third-order valence-electron chi connectivity index (χ3n) is 6.52. The van der Waals surface area contributed by atoms with E-state index in [4.69, 9.17) is 16.3 Å². The number of fused-ring (bicyclic) bond motifs is 4. The average molecular weight is 752 g/mol. The molecular weight excluding hydrogens is 715 g/mol. The Kier molecular flexibility index (Phi) is 6.96. The summed E-state index contributed by atoms with van der Waals surface area (Å²) >= 11 is 1.49. The first kappa shape index (κ1) is 23.8. The number of para-hydroxylation sites is 1. The molecule has 0 saturated heterocycles. The Morgan fingerprint density at radius 3 is 2.45 bits per heavy atom. The van der Waals surface area contributed by atoms with E-state index in [1.807, 2.05) is 100 Å². The Hall–Kier alpha value is -3.70. The predicted molar refractivity (Wildman–Crippen MR) is 171 cm³/mol. The third kappa shape index (κ3) is 6.22. The van der Waals surface area contributed by atoms with Crippen molar-refractivity contribution < 1.29 is 31.4 Å². The molecule has 5 heterocycles. The van der Waals surface area contributed by atoms with E-state index in [-0.39, 0.29) is 31.5 Å². The molecule has 0 aliphatic carbocycles. The number of hydrogen-bond acceptors (Lipinski definition) is 5. The zero-order valence-corrected chi connectivity index (χ0v) is 26.9. The second kappa shape index (κ2) is 12.3. The number of hydrogen-bond donors (Lipinski definition) is 0. The molecular formula is C36H32IrN3OS-. The van der Waals surface area contributed by atoms with Crippen LogP contribution in [-0.2, 0) is 26.5 Å². The molecule has 1 radical (unpaired) electrons. The van der Waals surface area contributed by atoms with Gasteiger partial charge < -0.3 is 9.40 Å². The molecule has 0 spiro atoms. The molecule has 0 aliphatic rings. The molecule has 4 nitrogen and oxygen atoms in total. The fourth-order valence-corrected chi connectivity index (χ4v) is 5.71. The topological polar surface area (TPSA) is 51.8 Å². The number of rotatable bonds is 3. The van der Waals surface area contributed by atoms with Gasteiger partial charge in [0.1, 0.15) is 10.4 Å². The molecule has 7 aromatic rings. The zero-order valence-electron chi connectivity index (χ0n) is 28.7. The second-order valence-corrected chi connectivity index (χ2v) is 12.0. The second-order valence-electron chi connectivity index (χ2n) is 10.8. The van der Waals surface area contributed by atoms with Crippen LogP contribution in [0.5, 0.6) is 0 Å². The number of thiophene rings is 1. The molecule has 0 bridgehead atoms. The predicted octanol–water partition coefficient (Wildman–Crippen LogP) is 10.0. The van der Waals surface area contributed by atoms with Crippen molar-refractivity contribution in [3.05, 3.63) is 113 Å². The summed E-state index contributed by atoms with van der Waals surface area (Å²) in [7, 11) is 0. The molecule has 6 heteroatoms. The quantitative estimate of drug-likeness (QED) is 0.169. The molecule has 213 valence electrons. The fraction of sp³-hybridized carbons (Fsp3) is 0.194. The number of furan rings is 1. The monoisotopic (exact) mass is 752 g/mol. The van der Waals surface area contributed by atoms with Gasteiger partial charge in [0.25, 0.3) is 0 Å². The van der Waals surface area contributed by atoms with Crippen LogP contribution in [0.3, 0.4) is 0 Å². The van der Waals surface area contributed by atoms with E-state index in [0.717, 1.165) is 42.7 Å². The van der Waals surface area contributed by atoms with Crippen LogP contribution in [0.4, 0.5) is 0 Å². The first-order chi connectivity index (χ1) is 21.8. The van der Waals surface area contributed by atoms with E-state index in [2.05, 4.69) is 16.0 Å². The number of pyridine rings is 3. The first-order valence-electron chi connectivity index (χ1n) is 15.9. The van der Waals surface area contributed by atoms with E-state index in [0.29, 0.717) is 16.8 Å². The van der Waals surface area contributed by atoms with E-state index < -0.39 is 18.6 Å². The van der Waals surface area contributed by atoms with Gasteiger partial charge in [0.15, 0.2) is 0 Å². The summed E-state index contributed by atoms with van der Waals surface area (Å²) in [6, 6.07) is 29.6. The summed E-state index contributed by atoms with van der Waals surface area (Å²) < 4.78 is 46.5. The Labute approximate surface area is 271 Å². The molecule has 7 rings (SSSR count). The van der Waals surface area contributed by atoms with Crippen LogP contribution in [-0.4, -0.2) is 15.0 Å². The molecule has 0 N–H and O–H groups in total. The van der Waals surface area contributed by atoms with Gasteiger partial charge in [-0.2, -0.15) is 0 Å². The maximum atomic E-state index is 8.79. The Morgan fingerprint density at radius 2 is 1.71 bits per heavy atom. The van der Waals surface area contributed by atoms with Crippen molar-refractivity contribution >= 4 is 43.6 Å². The molecule has 0 atom stereocenters. The Balaban J connectivity index is 0.000000280. The number of benzene rings is 2. The molecule has 0 saturated carbocycles. The molecule has 5 aromatic heterocycles. The van der Waals surface area contributed by atoms with Crippen LogP contribution in [0.15, 0.2) is 95.5 Å². The maximum Gasteiger partial charge on any atom is 0.227 e. The van der Waals surface area contributed by atoms with Gasteiger partial charge >= 0.3 is 0 Å². The van der Waals surface area contributed by atoms with Crippen molar-refractivity contribution in [2.45, 2.75) is 40.9 Å². The van der Waals surface area contributed by atoms with Crippen molar-refractivity contribution in [2.75, 3.05) is 0 Å². The summed E-state index contributed by atoms with van der Waals surface area (Å²) in [6.45, 7) is 5.36. The molecule has 42 heavy (non-hydrogen) atoms. The zero-order chi connectivity index (χ0) is 32.9. The van der Waals surface area contributed by atoms with E-state index in [1.54, 1.807) is 12.3 Å². The van der Waals surface area contributed by atoms with E-state index in [1.165, 1.54) is 17.4 Å². The molecule has 0 fully saturated rings. The van der Waals surface area contributed by atoms with Gasteiger partial charge in [0.2, 0.25) is 5.71 Å². The summed E-state index contributed by atoms with van der Waals surface area (Å²) in [4.78, 5) is 15.0. The SMILES string of the molecule is [2H]C([2H])([2H])c1ccc2c(n1)oc1c(-c3ccc4c(C([2H])([2H])C(C)(C)C)c(C)sc4n3)cccc12.[Ir].[c-]1ccccc1-c1ccccn1.